The van der Waals surface area contributed by atoms with Gasteiger partial charge in [-0.2, -0.15) is 5.10 Å². The molecule has 0 aliphatic heterocycles. The monoisotopic (exact) mass is 338 g/mol. The van der Waals surface area contributed by atoms with Crippen molar-refractivity contribution in [1.29, 1.82) is 0 Å². The Kier molecular flexibility index (Phi) is 5.07. The topological polar surface area (TPSA) is 70.0 Å². The van der Waals surface area contributed by atoms with Gasteiger partial charge in [-0.3, -0.25) is 9.67 Å². The number of fused-ring (bicyclic) bond motifs is 1. The zero-order valence-electron chi connectivity index (χ0n) is 15.3. The molecule has 0 bridgehead atoms. The van der Waals surface area contributed by atoms with Crippen molar-refractivity contribution in [2.75, 3.05) is 13.6 Å². The molecule has 132 valence electrons. The SMILES string of the molecule is CN=C(NCCc1c[nH]c2ccccc12)NCc1c(C)nn(C)c1C. The maximum absolute atomic E-state index is 4.45. The summed E-state index contributed by atoms with van der Waals surface area (Å²) < 4.78 is 1.92. The Morgan fingerprint density at radius 1 is 1.24 bits per heavy atom. The molecule has 1 aromatic carbocycles. The minimum absolute atomic E-state index is 0.721. The summed E-state index contributed by atoms with van der Waals surface area (Å²) in [4.78, 5) is 7.63. The minimum atomic E-state index is 0.721. The summed E-state index contributed by atoms with van der Waals surface area (Å²) in [5.41, 5.74) is 5.96. The molecule has 0 fully saturated rings. The summed E-state index contributed by atoms with van der Waals surface area (Å²) in [7, 11) is 3.77. The molecule has 0 aliphatic rings. The van der Waals surface area contributed by atoms with Crippen LogP contribution in [0, 0.1) is 13.8 Å². The number of guanidine groups is 1. The highest BCUT2D eigenvalue weighted by Crippen LogP contribution is 2.17. The molecule has 0 saturated carbocycles. The Balaban J connectivity index is 1.54. The summed E-state index contributed by atoms with van der Waals surface area (Å²) in [6, 6.07) is 8.38. The van der Waals surface area contributed by atoms with Gasteiger partial charge in [0.1, 0.15) is 0 Å². The molecule has 3 aromatic rings. The second-order valence-corrected chi connectivity index (χ2v) is 6.24. The first-order valence-corrected chi connectivity index (χ1v) is 8.58. The van der Waals surface area contributed by atoms with Gasteiger partial charge in [-0.1, -0.05) is 18.2 Å². The van der Waals surface area contributed by atoms with E-state index in [-0.39, 0.29) is 0 Å². The molecule has 2 aromatic heterocycles. The molecule has 3 N–H and O–H groups in total. The highest BCUT2D eigenvalue weighted by Gasteiger charge is 2.10. The number of aliphatic imine (C=N–C) groups is 1. The highest BCUT2D eigenvalue weighted by molar-refractivity contribution is 5.83. The maximum atomic E-state index is 4.45. The predicted molar refractivity (Wildman–Crippen MR) is 103 cm³/mol. The molecule has 2 heterocycles. The van der Waals surface area contributed by atoms with Gasteiger partial charge >= 0.3 is 0 Å². The number of nitrogens with one attached hydrogen (secondary N) is 3. The Morgan fingerprint density at radius 3 is 2.76 bits per heavy atom. The lowest BCUT2D eigenvalue weighted by molar-refractivity contribution is 0.728. The zero-order chi connectivity index (χ0) is 17.8. The van der Waals surface area contributed by atoms with E-state index in [4.69, 9.17) is 0 Å². The van der Waals surface area contributed by atoms with Crippen LogP contribution < -0.4 is 10.6 Å². The number of para-hydroxylation sites is 1. The van der Waals surface area contributed by atoms with E-state index in [1.807, 2.05) is 18.7 Å². The lowest BCUT2D eigenvalue weighted by Gasteiger charge is -2.12. The van der Waals surface area contributed by atoms with Crippen molar-refractivity contribution in [3.8, 4) is 0 Å². The Labute approximate surface area is 148 Å². The first-order chi connectivity index (χ1) is 12.1. The minimum Gasteiger partial charge on any atom is -0.361 e. The molecule has 0 atom stereocenters. The summed E-state index contributed by atoms with van der Waals surface area (Å²) in [6.45, 7) is 5.67. The maximum Gasteiger partial charge on any atom is 0.191 e. The van der Waals surface area contributed by atoms with Gasteiger partial charge in [0.25, 0.3) is 0 Å². The third-order valence-electron chi connectivity index (χ3n) is 4.68. The zero-order valence-corrected chi connectivity index (χ0v) is 15.3. The number of aromatic nitrogens is 3. The van der Waals surface area contributed by atoms with E-state index in [1.54, 1.807) is 7.05 Å². The fourth-order valence-corrected chi connectivity index (χ4v) is 3.12. The van der Waals surface area contributed by atoms with E-state index in [0.717, 1.165) is 31.2 Å². The quantitative estimate of drug-likeness (QED) is 0.494. The van der Waals surface area contributed by atoms with Crippen LogP contribution in [0.2, 0.25) is 0 Å². The van der Waals surface area contributed by atoms with E-state index in [2.05, 4.69) is 63.1 Å². The van der Waals surface area contributed by atoms with Gasteiger partial charge in [-0.15, -0.1) is 0 Å². The molecular weight excluding hydrogens is 312 g/mol. The third-order valence-corrected chi connectivity index (χ3v) is 4.68. The fourth-order valence-electron chi connectivity index (χ4n) is 3.12. The van der Waals surface area contributed by atoms with Crippen LogP contribution in [0.25, 0.3) is 10.9 Å². The van der Waals surface area contributed by atoms with Crippen LogP contribution in [0.1, 0.15) is 22.5 Å². The molecular formula is C19H26N6. The van der Waals surface area contributed by atoms with Crippen LogP contribution >= 0.6 is 0 Å². The van der Waals surface area contributed by atoms with Gasteiger partial charge in [0.05, 0.1) is 5.69 Å². The number of benzene rings is 1. The number of rotatable bonds is 5. The molecule has 0 radical (unpaired) electrons. The van der Waals surface area contributed by atoms with E-state index in [0.29, 0.717) is 0 Å². The van der Waals surface area contributed by atoms with Crippen molar-refractivity contribution in [3.63, 3.8) is 0 Å². The van der Waals surface area contributed by atoms with Gasteiger partial charge in [-0.05, 0) is 31.9 Å². The van der Waals surface area contributed by atoms with Crippen LogP contribution in [-0.2, 0) is 20.0 Å². The normalized spacial score (nSPS) is 11.9. The molecule has 0 aliphatic carbocycles. The van der Waals surface area contributed by atoms with Crippen LogP contribution in [0.5, 0.6) is 0 Å². The first kappa shape index (κ1) is 17.1. The molecule has 6 heteroatoms. The van der Waals surface area contributed by atoms with Gasteiger partial charge in [0.2, 0.25) is 0 Å². The smallest absolute Gasteiger partial charge is 0.191 e. The van der Waals surface area contributed by atoms with E-state index < -0.39 is 0 Å². The van der Waals surface area contributed by atoms with Crippen molar-refractivity contribution in [3.05, 3.63) is 53.0 Å². The Bertz CT molecular complexity index is 887. The van der Waals surface area contributed by atoms with Gasteiger partial charge < -0.3 is 15.6 Å². The van der Waals surface area contributed by atoms with Crippen molar-refractivity contribution in [1.82, 2.24) is 25.4 Å². The van der Waals surface area contributed by atoms with E-state index in [9.17, 15) is 0 Å². The second kappa shape index (κ2) is 7.42. The summed E-state index contributed by atoms with van der Waals surface area (Å²) >= 11 is 0. The van der Waals surface area contributed by atoms with Crippen LogP contribution in [0.3, 0.4) is 0 Å². The van der Waals surface area contributed by atoms with E-state index in [1.165, 1.54) is 27.7 Å². The third kappa shape index (κ3) is 3.68. The molecule has 6 nitrogen and oxygen atoms in total. The molecule has 25 heavy (non-hydrogen) atoms. The van der Waals surface area contributed by atoms with Crippen LogP contribution in [-0.4, -0.2) is 34.3 Å². The van der Waals surface area contributed by atoms with E-state index >= 15 is 0 Å². The van der Waals surface area contributed by atoms with Crippen molar-refractivity contribution >= 4 is 16.9 Å². The predicted octanol–water partition coefficient (Wildman–Crippen LogP) is 2.43. The second-order valence-electron chi connectivity index (χ2n) is 6.24. The van der Waals surface area contributed by atoms with Crippen molar-refractivity contribution in [2.45, 2.75) is 26.8 Å². The number of H-pyrrole nitrogens is 1. The Morgan fingerprint density at radius 2 is 2.04 bits per heavy atom. The van der Waals surface area contributed by atoms with Crippen LogP contribution in [0.15, 0.2) is 35.5 Å². The average Bonchev–Trinajstić information content (AvgIpc) is 3.13. The molecule has 0 unspecified atom stereocenters. The standard InChI is InChI=1S/C19H26N6/c1-13-17(14(2)25(4)24-13)12-23-19(20-3)21-10-9-15-11-22-18-8-6-5-7-16(15)18/h5-8,11,22H,9-10,12H2,1-4H3,(H2,20,21,23). The number of aryl methyl sites for hydroxylation is 2. The lowest BCUT2D eigenvalue weighted by Crippen LogP contribution is -2.38. The largest absolute Gasteiger partial charge is 0.361 e. The summed E-state index contributed by atoms with van der Waals surface area (Å²) in [6.07, 6.45) is 3.03. The highest BCUT2D eigenvalue weighted by atomic mass is 15.3. The Hall–Kier alpha value is -2.76. The number of hydrogen-bond acceptors (Lipinski definition) is 2. The molecule has 3 rings (SSSR count). The number of nitrogens with zero attached hydrogens (tertiary/aromatic N) is 3. The van der Waals surface area contributed by atoms with Gasteiger partial charge in [0.15, 0.2) is 5.96 Å². The lowest BCUT2D eigenvalue weighted by atomic mass is 10.1. The number of aromatic amines is 1. The molecule has 0 amide bonds. The first-order valence-electron chi connectivity index (χ1n) is 8.58. The molecule has 0 saturated heterocycles. The van der Waals surface area contributed by atoms with Crippen molar-refractivity contribution < 1.29 is 0 Å². The average molecular weight is 338 g/mol. The summed E-state index contributed by atoms with van der Waals surface area (Å²) in [5, 5.41) is 12.5. The van der Waals surface area contributed by atoms with Gasteiger partial charge in [0, 0.05) is 55.5 Å². The fraction of sp³-hybridized carbons (Fsp3) is 0.368. The number of hydrogen-bond donors (Lipinski definition) is 3. The van der Waals surface area contributed by atoms with Crippen LogP contribution in [0.4, 0.5) is 0 Å². The van der Waals surface area contributed by atoms with Crippen molar-refractivity contribution in [2.24, 2.45) is 12.0 Å². The van der Waals surface area contributed by atoms with Gasteiger partial charge in [-0.25, -0.2) is 0 Å². The summed E-state index contributed by atoms with van der Waals surface area (Å²) in [5.74, 6) is 0.808. The molecule has 0 spiro atoms.